The molecule has 1 atom stereocenters. The van der Waals surface area contributed by atoms with Gasteiger partial charge >= 0.3 is 5.97 Å². The molecule has 0 unspecified atom stereocenters. The minimum Gasteiger partial charge on any atom is -0.462 e. The van der Waals surface area contributed by atoms with Crippen molar-refractivity contribution in [1.29, 1.82) is 0 Å². The maximum absolute atomic E-state index is 12.9. The first-order chi connectivity index (χ1) is 13.7. The number of esters is 1. The molecule has 2 N–H and O–H groups in total. The van der Waals surface area contributed by atoms with Gasteiger partial charge in [0.15, 0.2) is 5.11 Å². The molecule has 1 heterocycles. The number of amides is 1. The van der Waals surface area contributed by atoms with Crippen LogP contribution in [0.5, 0.6) is 0 Å². The number of nitrogens with zero attached hydrogens (tertiary/aromatic N) is 1. The maximum Gasteiger partial charge on any atom is 0.338 e. The minimum absolute atomic E-state index is 0.0147. The molecule has 1 aromatic rings. The van der Waals surface area contributed by atoms with E-state index in [4.69, 9.17) is 17.0 Å². The first-order valence-corrected chi connectivity index (χ1v) is 10.5. The van der Waals surface area contributed by atoms with Crippen LogP contribution in [0.4, 0.5) is 5.69 Å². The molecule has 0 aromatic heterocycles. The molecule has 0 aliphatic carbocycles. The number of anilines is 1. The molecule has 1 aliphatic heterocycles. The van der Waals surface area contributed by atoms with Gasteiger partial charge < -0.3 is 20.3 Å². The minimum atomic E-state index is -0.439. The van der Waals surface area contributed by atoms with Crippen LogP contribution in [0.25, 0.3) is 0 Å². The summed E-state index contributed by atoms with van der Waals surface area (Å²) in [7, 11) is 1.82. The summed E-state index contributed by atoms with van der Waals surface area (Å²) in [4.78, 5) is 26.7. The number of nitrogens with one attached hydrogen (secondary N) is 2. The third-order valence-electron chi connectivity index (χ3n) is 4.78. The topological polar surface area (TPSA) is 70.7 Å². The number of carbonyl (C=O) groups excluding carboxylic acids is 2. The molecule has 1 amide bonds. The van der Waals surface area contributed by atoms with E-state index in [9.17, 15) is 9.59 Å². The summed E-state index contributed by atoms with van der Waals surface area (Å²) < 4.78 is 5.51. The Kier molecular flexibility index (Phi) is 8.20. The van der Waals surface area contributed by atoms with Crippen molar-refractivity contribution in [2.24, 2.45) is 5.92 Å². The zero-order valence-corrected chi connectivity index (χ0v) is 18.7. The molecule has 0 radical (unpaired) electrons. The third-order valence-corrected chi connectivity index (χ3v) is 5.17. The number of allylic oxidation sites excluding steroid dienone is 1. The highest BCUT2D eigenvalue weighted by Gasteiger charge is 2.33. The molecule has 0 fully saturated rings. The van der Waals surface area contributed by atoms with Crippen LogP contribution in [0.1, 0.15) is 58.6 Å². The summed E-state index contributed by atoms with van der Waals surface area (Å²) in [5.41, 5.74) is 2.81. The third kappa shape index (κ3) is 6.03. The summed E-state index contributed by atoms with van der Waals surface area (Å²) in [5, 5.41) is 6.69. The molecule has 7 heteroatoms. The van der Waals surface area contributed by atoms with Crippen LogP contribution < -0.4 is 10.6 Å². The number of thiocarbonyl (C=S) groups is 1. The lowest BCUT2D eigenvalue weighted by atomic mass is 9.94. The monoisotopic (exact) mass is 417 g/mol. The van der Waals surface area contributed by atoms with Crippen molar-refractivity contribution in [3.63, 3.8) is 0 Å². The van der Waals surface area contributed by atoms with Gasteiger partial charge in [0.25, 0.3) is 0 Å². The van der Waals surface area contributed by atoms with Crippen LogP contribution in [0.3, 0.4) is 0 Å². The molecule has 0 saturated carbocycles. The molecule has 1 aliphatic rings. The van der Waals surface area contributed by atoms with Crippen LogP contribution in [-0.2, 0) is 14.3 Å². The number of unbranched alkanes of at least 4 members (excludes halogenated alkanes) is 1. The van der Waals surface area contributed by atoms with Gasteiger partial charge in [0.05, 0.1) is 18.2 Å². The average Bonchev–Trinajstić information content (AvgIpc) is 2.68. The number of hydrogen-bond acceptors (Lipinski definition) is 4. The Morgan fingerprint density at radius 1 is 1.34 bits per heavy atom. The van der Waals surface area contributed by atoms with Crippen LogP contribution in [-0.4, -0.2) is 35.5 Å². The Balaban J connectivity index is 2.32. The summed E-state index contributed by atoms with van der Waals surface area (Å²) in [6, 6.07) is 7.05. The standard InChI is InChI=1S/C22H31N3O3S/c1-6-7-11-18(26)23-17-10-8-9-16(12-17)20-19(21(27)28-13-14(2)3)15(4)25(5)22(29)24-20/h8-10,12,14,20H,6-7,11,13H2,1-5H3,(H,23,26)(H,24,29)/t20-/m0/s1. The summed E-state index contributed by atoms with van der Waals surface area (Å²) in [6.45, 7) is 8.26. The van der Waals surface area contributed by atoms with Crippen molar-refractivity contribution in [1.82, 2.24) is 10.2 Å². The summed E-state index contributed by atoms with van der Waals surface area (Å²) >= 11 is 5.44. The molecular weight excluding hydrogens is 386 g/mol. The van der Waals surface area contributed by atoms with Gasteiger partial charge in [-0.2, -0.15) is 0 Å². The zero-order valence-electron chi connectivity index (χ0n) is 17.9. The molecular formula is C22H31N3O3S. The fraction of sp³-hybridized carbons (Fsp3) is 0.500. The van der Waals surface area contributed by atoms with E-state index in [0.717, 1.165) is 24.1 Å². The average molecular weight is 418 g/mol. The second-order valence-corrected chi connectivity index (χ2v) is 8.10. The first-order valence-electron chi connectivity index (χ1n) is 10.1. The van der Waals surface area contributed by atoms with Crippen molar-refractivity contribution in [2.45, 2.75) is 53.0 Å². The number of carbonyl (C=O) groups is 2. The van der Waals surface area contributed by atoms with E-state index in [1.807, 2.05) is 52.1 Å². The summed E-state index contributed by atoms with van der Waals surface area (Å²) in [6.07, 6.45) is 2.31. The Bertz CT molecular complexity index is 804. The highest BCUT2D eigenvalue weighted by Crippen LogP contribution is 2.32. The van der Waals surface area contributed by atoms with Crippen molar-refractivity contribution in [3.05, 3.63) is 41.1 Å². The van der Waals surface area contributed by atoms with Crippen LogP contribution in [0.2, 0.25) is 0 Å². The predicted octanol–water partition coefficient (Wildman–Crippen LogP) is 4.15. The molecule has 29 heavy (non-hydrogen) atoms. The van der Waals surface area contributed by atoms with Gasteiger partial charge in [-0.25, -0.2) is 4.79 Å². The predicted molar refractivity (Wildman–Crippen MR) is 119 cm³/mol. The number of hydrogen-bond donors (Lipinski definition) is 2. The molecule has 1 aromatic carbocycles. The van der Waals surface area contributed by atoms with Crippen molar-refractivity contribution < 1.29 is 14.3 Å². The fourth-order valence-corrected chi connectivity index (χ4v) is 3.28. The van der Waals surface area contributed by atoms with E-state index < -0.39 is 6.04 Å². The van der Waals surface area contributed by atoms with E-state index in [-0.39, 0.29) is 17.8 Å². The maximum atomic E-state index is 12.9. The highest BCUT2D eigenvalue weighted by atomic mass is 32.1. The SMILES string of the molecule is CCCCC(=O)Nc1cccc([C@@H]2NC(=S)N(C)C(C)=C2C(=O)OCC(C)C)c1. The van der Waals surface area contributed by atoms with E-state index in [1.54, 1.807) is 4.90 Å². The number of benzene rings is 1. The lowest BCUT2D eigenvalue weighted by molar-refractivity contribution is -0.140. The largest absolute Gasteiger partial charge is 0.462 e. The quantitative estimate of drug-likeness (QED) is 0.489. The molecule has 0 saturated heterocycles. The second-order valence-electron chi connectivity index (χ2n) is 7.71. The van der Waals surface area contributed by atoms with Gasteiger partial charge in [-0.3, -0.25) is 4.79 Å². The lowest BCUT2D eigenvalue weighted by Crippen LogP contribution is -2.46. The van der Waals surface area contributed by atoms with Crippen LogP contribution >= 0.6 is 12.2 Å². The van der Waals surface area contributed by atoms with E-state index in [2.05, 4.69) is 17.6 Å². The number of rotatable bonds is 8. The molecule has 0 spiro atoms. The number of ether oxygens (including phenoxy) is 1. The van der Waals surface area contributed by atoms with E-state index >= 15 is 0 Å². The Hall–Kier alpha value is -2.41. The van der Waals surface area contributed by atoms with Gasteiger partial charge in [-0.15, -0.1) is 0 Å². The van der Waals surface area contributed by atoms with Gasteiger partial charge in [0, 0.05) is 24.9 Å². The Labute approximate surface area is 178 Å². The Morgan fingerprint density at radius 2 is 2.07 bits per heavy atom. The molecule has 6 nitrogen and oxygen atoms in total. The normalized spacial score (nSPS) is 16.7. The van der Waals surface area contributed by atoms with E-state index in [1.165, 1.54) is 0 Å². The first kappa shape index (κ1) is 22.9. The van der Waals surface area contributed by atoms with Gasteiger partial charge in [-0.1, -0.05) is 39.3 Å². The molecule has 2 rings (SSSR count). The van der Waals surface area contributed by atoms with Gasteiger partial charge in [0.1, 0.15) is 0 Å². The van der Waals surface area contributed by atoms with Crippen molar-refractivity contribution >= 4 is 34.9 Å². The van der Waals surface area contributed by atoms with Crippen LogP contribution in [0.15, 0.2) is 35.5 Å². The second kappa shape index (κ2) is 10.4. The highest BCUT2D eigenvalue weighted by molar-refractivity contribution is 7.80. The Morgan fingerprint density at radius 3 is 2.72 bits per heavy atom. The molecule has 158 valence electrons. The zero-order chi connectivity index (χ0) is 21.6. The van der Waals surface area contributed by atoms with Gasteiger partial charge in [0.2, 0.25) is 5.91 Å². The fourth-order valence-electron chi connectivity index (χ4n) is 3.03. The van der Waals surface area contributed by atoms with Crippen molar-refractivity contribution in [2.75, 3.05) is 19.0 Å². The molecule has 0 bridgehead atoms. The van der Waals surface area contributed by atoms with Crippen LogP contribution in [0, 0.1) is 5.92 Å². The van der Waals surface area contributed by atoms with Gasteiger partial charge in [-0.05, 0) is 49.2 Å². The lowest BCUT2D eigenvalue weighted by Gasteiger charge is -2.35. The van der Waals surface area contributed by atoms with E-state index in [0.29, 0.717) is 29.4 Å². The van der Waals surface area contributed by atoms with Crippen molar-refractivity contribution in [3.8, 4) is 0 Å². The smallest absolute Gasteiger partial charge is 0.338 e. The summed E-state index contributed by atoms with van der Waals surface area (Å²) in [5.74, 6) is -0.130.